The van der Waals surface area contributed by atoms with Gasteiger partial charge in [-0.3, -0.25) is 0 Å². The first-order chi connectivity index (χ1) is 8.56. The molecule has 4 heteroatoms. The summed E-state index contributed by atoms with van der Waals surface area (Å²) >= 11 is 0. The Morgan fingerprint density at radius 3 is 2.67 bits per heavy atom. The minimum atomic E-state index is -0.447. The molecule has 2 rings (SSSR count). The van der Waals surface area contributed by atoms with Crippen LogP contribution in [0.1, 0.15) is 11.1 Å². The van der Waals surface area contributed by atoms with Crippen molar-refractivity contribution in [2.24, 2.45) is 0 Å². The summed E-state index contributed by atoms with van der Waals surface area (Å²) in [6.45, 7) is 2.14. The van der Waals surface area contributed by atoms with Gasteiger partial charge in [0.05, 0.1) is 0 Å². The van der Waals surface area contributed by atoms with Crippen molar-refractivity contribution in [2.75, 3.05) is 11.1 Å². The fourth-order valence-corrected chi connectivity index (χ4v) is 1.70. The number of nitrogens with two attached hydrogens (primary N) is 1. The largest absolute Gasteiger partial charge is 0.399 e. The van der Waals surface area contributed by atoms with Gasteiger partial charge >= 0.3 is 0 Å². The van der Waals surface area contributed by atoms with Crippen LogP contribution in [0, 0.1) is 18.6 Å². The molecule has 2 nitrogen and oxygen atoms in total. The number of hydrogen-bond acceptors (Lipinski definition) is 2. The van der Waals surface area contributed by atoms with Gasteiger partial charge in [0.1, 0.15) is 11.6 Å². The standard InChI is InChI=1S/C14H14F2N2/c1-9-2-4-12(17)7-14(9)18-8-10-6-11(15)3-5-13(10)16/h2-7,18H,8,17H2,1H3. The van der Waals surface area contributed by atoms with E-state index in [1.54, 1.807) is 12.1 Å². The molecular formula is C14H14F2N2. The number of rotatable bonds is 3. The van der Waals surface area contributed by atoms with E-state index in [9.17, 15) is 8.78 Å². The Hall–Kier alpha value is -2.10. The number of anilines is 2. The van der Waals surface area contributed by atoms with E-state index in [2.05, 4.69) is 5.32 Å². The maximum absolute atomic E-state index is 13.4. The summed E-state index contributed by atoms with van der Waals surface area (Å²) in [5.74, 6) is -0.872. The lowest BCUT2D eigenvalue weighted by Gasteiger charge is -2.11. The zero-order chi connectivity index (χ0) is 13.1. The zero-order valence-electron chi connectivity index (χ0n) is 10.0. The fraction of sp³-hybridized carbons (Fsp3) is 0.143. The summed E-state index contributed by atoms with van der Waals surface area (Å²) in [4.78, 5) is 0. The van der Waals surface area contributed by atoms with Crippen LogP contribution in [0.5, 0.6) is 0 Å². The molecule has 2 aromatic rings. The van der Waals surface area contributed by atoms with E-state index in [4.69, 9.17) is 5.73 Å². The Kier molecular flexibility index (Phi) is 3.46. The van der Waals surface area contributed by atoms with Crippen LogP contribution in [0.3, 0.4) is 0 Å². The first kappa shape index (κ1) is 12.4. The Labute approximate surface area is 104 Å². The molecule has 0 unspecified atom stereocenters. The highest BCUT2D eigenvalue weighted by Gasteiger charge is 2.05. The molecule has 0 heterocycles. The lowest BCUT2D eigenvalue weighted by Crippen LogP contribution is -2.04. The Balaban J connectivity index is 2.16. The van der Waals surface area contributed by atoms with Gasteiger partial charge in [0.25, 0.3) is 0 Å². The van der Waals surface area contributed by atoms with Crippen LogP contribution in [-0.4, -0.2) is 0 Å². The number of halogens is 2. The molecule has 2 aromatic carbocycles. The molecule has 0 radical (unpaired) electrons. The number of benzene rings is 2. The van der Waals surface area contributed by atoms with E-state index >= 15 is 0 Å². The summed E-state index contributed by atoms with van der Waals surface area (Å²) in [5.41, 5.74) is 8.41. The van der Waals surface area contributed by atoms with Gasteiger partial charge in [0.2, 0.25) is 0 Å². The molecule has 3 N–H and O–H groups in total. The van der Waals surface area contributed by atoms with Crippen molar-refractivity contribution in [3.05, 3.63) is 59.2 Å². The SMILES string of the molecule is Cc1ccc(N)cc1NCc1cc(F)ccc1F. The van der Waals surface area contributed by atoms with Crippen LogP contribution in [0.25, 0.3) is 0 Å². The number of nitrogen functional groups attached to an aromatic ring is 1. The van der Waals surface area contributed by atoms with Crippen LogP contribution in [0.15, 0.2) is 36.4 Å². The summed E-state index contributed by atoms with van der Waals surface area (Å²) in [7, 11) is 0. The first-order valence-electron chi connectivity index (χ1n) is 5.60. The van der Waals surface area contributed by atoms with Crippen molar-refractivity contribution in [1.82, 2.24) is 0 Å². The van der Waals surface area contributed by atoms with E-state index in [1.165, 1.54) is 6.07 Å². The Bertz CT molecular complexity index is 516. The monoisotopic (exact) mass is 248 g/mol. The van der Waals surface area contributed by atoms with Gasteiger partial charge in [-0.15, -0.1) is 0 Å². The molecule has 0 aliphatic carbocycles. The van der Waals surface area contributed by atoms with Crippen molar-refractivity contribution < 1.29 is 8.78 Å². The fourth-order valence-electron chi connectivity index (χ4n) is 1.70. The number of hydrogen-bond donors (Lipinski definition) is 2. The molecule has 0 atom stereocenters. The van der Waals surface area contributed by atoms with Gasteiger partial charge in [0, 0.05) is 23.5 Å². The zero-order valence-corrected chi connectivity index (χ0v) is 10.0. The van der Waals surface area contributed by atoms with E-state index in [1.807, 2.05) is 13.0 Å². The Morgan fingerprint density at radius 1 is 1.11 bits per heavy atom. The molecule has 0 spiro atoms. The summed E-state index contributed by atoms with van der Waals surface area (Å²) in [6.07, 6.45) is 0. The highest BCUT2D eigenvalue weighted by atomic mass is 19.1. The molecule has 18 heavy (non-hydrogen) atoms. The third-order valence-electron chi connectivity index (χ3n) is 2.74. The van der Waals surface area contributed by atoms with Gasteiger partial charge in [-0.2, -0.15) is 0 Å². The topological polar surface area (TPSA) is 38.0 Å². The van der Waals surface area contributed by atoms with E-state index in [0.29, 0.717) is 5.69 Å². The van der Waals surface area contributed by atoms with Crippen LogP contribution in [0.2, 0.25) is 0 Å². The van der Waals surface area contributed by atoms with Crippen LogP contribution < -0.4 is 11.1 Å². The molecule has 0 bridgehead atoms. The lowest BCUT2D eigenvalue weighted by molar-refractivity contribution is 0.587. The predicted octanol–water partition coefficient (Wildman–Crippen LogP) is 3.47. The summed E-state index contributed by atoms with van der Waals surface area (Å²) < 4.78 is 26.4. The predicted molar refractivity (Wildman–Crippen MR) is 69.3 cm³/mol. The molecule has 0 amide bonds. The van der Waals surface area contributed by atoms with E-state index < -0.39 is 11.6 Å². The highest BCUT2D eigenvalue weighted by Crippen LogP contribution is 2.19. The minimum absolute atomic E-state index is 0.216. The molecule has 0 fully saturated rings. The molecule has 0 saturated heterocycles. The van der Waals surface area contributed by atoms with E-state index in [0.717, 1.165) is 23.4 Å². The second-order valence-corrected chi connectivity index (χ2v) is 4.16. The second kappa shape index (κ2) is 5.04. The second-order valence-electron chi connectivity index (χ2n) is 4.16. The maximum atomic E-state index is 13.4. The maximum Gasteiger partial charge on any atom is 0.128 e. The van der Waals surface area contributed by atoms with Gasteiger partial charge in [-0.25, -0.2) is 8.78 Å². The molecular weight excluding hydrogens is 234 g/mol. The van der Waals surface area contributed by atoms with Crippen LogP contribution in [0.4, 0.5) is 20.2 Å². The van der Waals surface area contributed by atoms with Gasteiger partial charge in [0.15, 0.2) is 0 Å². The third kappa shape index (κ3) is 2.77. The summed E-state index contributed by atoms with van der Waals surface area (Å²) in [5, 5.41) is 3.05. The van der Waals surface area contributed by atoms with Gasteiger partial charge in [-0.05, 0) is 42.8 Å². The third-order valence-corrected chi connectivity index (χ3v) is 2.74. The average Bonchev–Trinajstić information content (AvgIpc) is 2.34. The van der Waals surface area contributed by atoms with Crippen molar-refractivity contribution in [3.8, 4) is 0 Å². The molecule has 0 aliphatic rings. The normalized spacial score (nSPS) is 10.4. The van der Waals surface area contributed by atoms with Crippen molar-refractivity contribution >= 4 is 11.4 Å². The van der Waals surface area contributed by atoms with E-state index in [-0.39, 0.29) is 12.1 Å². The minimum Gasteiger partial charge on any atom is -0.399 e. The smallest absolute Gasteiger partial charge is 0.128 e. The van der Waals surface area contributed by atoms with Crippen molar-refractivity contribution in [3.63, 3.8) is 0 Å². The molecule has 0 saturated carbocycles. The molecule has 94 valence electrons. The average molecular weight is 248 g/mol. The van der Waals surface area contributed by atoms with Crippen molar-refractivity contribution in [1.29, 1.82) is 0 Å². The summed E-state index contributed by atoms with van der Waals surface area (Å²) in [6, 6.07) is 8.85. The van der Waals surface area contributed by atoms with Crippen LogP contribution >= 0.6 is 0 Å². The van der Waals surface area contributed by atoms with Gasteiger partial charge in [-0.1, -0.05) is 6.07 Å². The quantitative estimate of drug-likeness (QED) is 0.816. The Morgan fingerprint density at radius 2 is 1.89 bits per heavy atom. The van der Waals surface area contributed by atoms with Crippen LogP contribution in [-0.2, 0) is 6.54 Å². The molecule has 0 aliphatic heterocycles. The van der Waals surface area contributed by atoms with Crippen molar-refractivity contribution in [2.45, 2.75) is 13.5 Å². The highest BCUT2D eigenvalue weighted by molar-refractivity contribution is 5.59. The molecule has 0 aromatic heterocycles. The number of nitrogens with one attached hydrogen (secondary N) is 1. The van der Waals surface area contributed by atoms with Gasteiger partial charge < -0.3 is 11.1 Å². The first-order valence-corrected chi connectivity index (χ1v) is 5.60. The number of aryl methyl sites for hydroxylation is 1. The lowest BCUT2D eigenvalue weighted by atomic mass is 10.1.